The summed E-state index contributed by atoms with van der Waals surface area (Å²) in [6.45, 7) is 1.19. The van der Waals surface area contributed by atoms with E-state index in [4.69, 9.17) is 0 Å². The molecular formula is C7H12N. The molecular weight excluding hydrogens is 98.1 g/mol. The summed E-state index contributed by atoms with van der Waals surface area (Å²) in [5.74, 6) is 1.01. The van der Waals surface area contributed by atoms with Crippen LogP contribution in [0.2, 0.25) is 0 Å². The van der Waals surface area contributed by atoms with Crippen LogP contribution in [-0.2, 0) is 0 Å². The fourth-order valence-electron chi connectivity index (χ4n) is 0.856. The number of nitrogens with zero attached hydrogens (tertiary/aromatic N) is 1. The second-order valence-corrected chi connectivity index (χ2v) is 3.04. The van der Waals surface area contributed by atoms with Crippen molar-refractivity contribution in [3.63, 3.8) is 0 Å². The van der Waals surface area contributed by atoms with Gasteiger partial charge in [-0.2, -0.15) is 0 Å². The minimum Gasteiger partial charge on any atom is -0.238 e. The Morgan fingerprint density at radius 2 is 1.88 bits per heavy atom. The Morgan fingerprint density at radius 1 is 1.12 bits per heavy atom. The molecule has 0 heterocycles. The number of rotatable bonds is 3. The van der Waals surface area contributed by atoms with Crippen molar-refractivity contribution in [2.75, 3.05) is 6.54 Å². The average Bonchev–Trinajstić information content (AvgIpc) is 2.60. The zero-order valence-electron chi connectivity index (χ0n) is 5.14. The van der Waals surface area contributed by atoms with Crippen LogP contribution in [0.3, 0.4) is 0 Å². The Morgan fingerprint density at radius 3 is 2.38 bits per heavy atom. The lowest BCUT2D eigenvalue weighted by Crippen LogP contribution is -2.09. The first kappa shape index (κ1) is 4.80. The minimum absolute atomic E-state index is 0.801. The van der Waals surface area contributed by atoms with Gasteiger partial charge in [-0.1, -0.05) is 0 Å². The molecule has 0 aliphatic heterocycles. The molecule has 0 spiro atoms. The lowest BCUT2D eigenvalue weighted by Gasteiger charge is -1.93. The van der Waals surface area contributed by atoms with Crippen LogP contribution in [0.4, 0.5) is 0 Å². The van der Waals surface area contributed by atoms with Crippen molar-refractivity contribution >= 4 is 0 Å². The van der Waals surface area contributed by atoms with Crippen LogP contribution in [0, 0.1) is 5.92 Å². The van der Waals surface area contributed by atoms with E-state index in [2.05, 4.69) is 5.32 Å². The van der Waals surface area contributed by atoms with E-state index in [1.165, 1.54) is 32.2 Å². The number of hydrogen-bond donors (Lipinski definition) is 0. The van der Waals surface area contributed by atoms with Crippen LogP contribution >= 0.6 is 0 Å². The molecule has 2 aliphatic carbocycles. The second kappa shape index (κ2) is 1.73. The van der Waals surface area contributed by atoms with Gasteiger partial charge in [0.1, 0.15) is 0 Å². The summed E-state index contributed by atoms with van der Waals surface area (Å²) >= 11 is 0. The van der Waals surface area contributed by atoms with Gasteiger partial charge >= 0.3 is 0 Å². The highest BCUT2D eigenvalue weighted by Gasteiger charge is 2.27. The second-order valence-electron chi connectivity index (χ2n) is 3.04. The Bertz CT molecular complexity index is 70.4. The van der Waals surface area contributed by atoms with Crippen LogP contribution in [0.25, 0.3) is 0 Å². The molecule has 0 aromatic heterocycles. The first-order valence-corrected chi connectivity index (χ1v) is 3.62. The van der Waals surface area contributed by atoms with Gasteiger partial charge in [-0.25, -0.2) is 5.32 Å². The number of hydrogen-bond acceptors (Lipinski definition) is 0. The topological polar surface area (TPSA) is 14.1 Å². The monoisotopic (exact) mass is 110 g/mol. The highest BCUT2D eigenvalue weighted by molar-refractivity contribution is 4.84. The van der Waals surface area contributed by atoms with Gasteiger partial charge in [-0.05, 0) is 31.6 Å². The van der Waals surface area contributed by atoms with Gasteiger partial charge in [-0.3, -0.25) is 0 Å². The predicted molar refractivity (Wildman–Crippen MR) is 32.7 cm³/mol. The van der Waals surface area contributed by atoms with Crippen molar-refractivity contribution in [3.05, 3.63) is 0 Å². The Kier molecular flexibility index (Phi) is 1.04. The SMILES string of the molecule is C1CC1C[N]C1CC1. The van der Waals surface area contributed by atoms with Crippen molar-refractivity contribution in [3.8, 4) is 0 Å². The Hall–Kier alpha value is -0.0400. The molecule has 1 radical (unpaired) electrons. The van der Waals surface area contributed by atoms with Crippen molar-refractivity contribution in [1.82, 2.24) is 5.32 Å². The van der Waals surface area contributed by atoms with Gasteiger partial charge in [-0.15, -0.1) is 0 Å². The highest BCUT2D eigenvalue weighted by atomic mass is 14.9. The van der Waals surface area contributed by atoms with E-state index in [9.17, 15) is 0 Å². The van der Waals surface area contributed by atoms with Gasteiger partial charge in [0.15, 0.2) is 0 Å². The van der Waals surface area contributed by atoms with Gasteiger partial charge in [0.2, 0.25) is 0 Å². The van der Waals surface area contributed by atoms with Crippen LogP contribution in [0.5, 0.6) is 0 Å². The molecule has 2 fully saturated rings. The summed E-state index contributed by atoms with van der Waals surface area (Å²) in [5.41, 5.74) is 0. The summed E-state index contributed by atoms with van der Waals surface area (Å²) in [6, 6.07) is 0.801. The zero-order valence-corrected chi connectivity index (χ0v) is 5.14. The average molecular weight is 110 g/mol. The van der Waals surface area contributed by atoms with E-state index in [0.717, 1.165) is 12.0 Å². The lowest BCUT2D eigenvalue weighted by molar-refractivity contribution is 0.621. The molecule has 0 aromatic carbocycles. The van der Waals surface area contributed by atoms with Crippen molar-refractivity contribution < 1.29 is 0 Å². The van der Waals surface area contributed by atoms with Gasteiger partial charge in [0.25, 0.3) is 0 Å². The fraction of sp³-hybridized carbons (Fsp3) is 1.00. The largest absolute Gasteiger partial charge is 0.238 e. The van der Waals surface area contributed by atoms with Crippen LogP contribution < -0.4 is 5.32 Å². The molecule has 2 rings (SSSR count). The van der Waals surface area contributed by atoms with E-state index in [1.54, 1.807) is 0 Å². The Labute approximate surface area is 50.5 Å². The maximum absolute atomic E-state index is 4.50. The van der Waals surface area contributed by atoms with Crippen molar-refractivity contribution in [2.45, 2.75) is 31.7 Å². The summed E-state index contributed by atoms with van der Waals surface area (Å²) in [6.07, 6.45) is 5.67. The van der Waals surface area contributed by atoms with E-state index >= 15 is 0 Å². The Balaban J connectivity index is 1.56. The van der Waals surface area contributed by atoms with Crippen molar-refractivity contribution in [1.29, 1.82) is 0 Å². The summed E-state index contributed by atoms with van der Waals surface area (Å²) in [7, 11) is 0. The van der Waals surface area contributed by atoms with E-state index < -0.39 is 0 Å². The molecule has 1 nitrogen and oxygen atoms in total. The molecule has 0 atom stereocenters. The normalized spacial score (nSPS) is 28.5. The summed E-state index contributed by atoms with van der Waals surface area (Å²) in [4.78, 5) is 0. The summed E-state index contributed by atoms with van der Waals surface area (Å²) < 4.78 is 0. The molecule has 8 heavy (non-hydrogen) atoms. The smallest absolute Gasteiger partial charge is 0.0247 e. The minimum atomic E-state index is 0.801. The molecule has 0 bridgehead atoms. The van der Waals surface area contributed by atoms with Gasteiger partial charge < -0.3 is 0 Å². The van der Waals surface area contributed by atoms with Crippen LogP contribution in [0.1, 0.15) is 25.7 Å². The lowest BCUT2D eigenvalue weighted by atomic mass is 10.4. The third kappa shape index (κ3) is 1.22. The van der Waals surface area contributed by atoms with Gasteiger partial charge in [0, 0.05) is 12.6 Å². The van der Waals surface area contributed by atoms with E-state index in [0.29, 0.717) is 0 Å². The third-order valence-electron chi connectivity index (χ3n) is 1.87. The molecule has 2 aliphatic rings. The highest BCUT2D eigenvalue weighted by Crippen LogP contribution is 2.30. The van der Waals surface area contributed by atoms with Crippen molar-refractivity contribution in [2.24, 2.45) is 5.92 Å². The first-order valence-electron chi connectivity index (χ1n) is 3.62. The molecule has 0 unspecified atom stereocenters. The predicted octanol–water partition coefficient (Wildman–Crippen LogP) is 1.16. The first-order chi connectivity index (χ1) is 3.95. The molecule has 2 saturated carbocycles. The van der Waals surface area contributed by atoms with Gasteiger partial charge in [0.05, 0.1) is 0 Å². The molecule has 45 valence electrons. The zero-order chi connectivity index (χ0) is 5.40. The van der Waals surface area contributed by atoms with Crippen LogP contribution in [0.15, 0.2) is 0 Å². The molecule has 1 heteroatoms. The molecule has 0 saturated heterocycles. The summed E-state index contributed by atoms with van der Waals surface area (Å²) in [5, 5.41) is 4.50. The molecule has 0 amide bonds. The van der Waals surface area contributed by atoms with Crippen LogP contribution in [-0.4, -0.2) is 12.6 Å². The quantitative estimate of drug-likeness (QED) is 0.517. The molecule has 0 N–H and O–H groups in total. The van der Waals surface area contributed by atoms with E-state index in [1.807, 2.05) is 0 Å². The standard InChI is InChI=1S/C7H12N/c1-2-6(1)5-8-7-3-4-7/h6-7H,1-5H2. The van der Waals surface area contributed by atoms with E-state index in [-0.39, 0.29) is 0 Å². The molecule has 0 aromatic rings. The fourth-order valence-corrected chi connectivity index (χ4v) is 0.856. The third-order valence-corrected chi connectivity index (χ3v) is 1.87. The maximum Gasteiger partial charge on any atom is 0.0247 e. The maximum atomic E-state index is 4.50.